The third-order valence-corrected chi connectivity index (χ3v) is 7.88. The van der Waals surface area contributed by atoms with Crippen molar-refractivity contribution < 1.29 is 43.3 Å². The van der Waals surface area contributed by atoms with Crippen molar-refractivity contribution in [2.45, 2.75) is 10.5 Å². The van der Waals surface area contributed by atoms with Gasteiger partial charge in [0.2, 0.25) is 0 Å². The summed E-state index contributed by atoms with van der Waals surface area (Å²) in [4.78, 5) is 21.0. The van der Waals surface area contributed by atoms with E-state index in [0.29, 0.717) is 46.1 Å². The van der Waals surface area contributed by atoms with Gasteiger partial charge < -0.3 is 0 Å². The van der Waals surface area contributed by atoms with Gasteiger partial charge in [-0.05, 0) is 0 Å². The number of aromatic nitrogens is 2. The van der Waals surface area contributed by atoms with E-state index in [4.69, 9.17) is 12.5 Å². The number of pyridine rings is 1. The second-order valence-electron chi connectivity index (χ2n) is 7.93. The molecule has 0 saturated heterocycles. The molecule has 3 aliphatic rings. The van der Waals surface area contributed by atoms with Crippen LogP contribution in [0.1, 0.15) is 16.1 Å². The number of nitrogens with one attached hydrogen (secondary N) is 3. The zero-order valence-electron chi connectivity index (χ0n) is 18.4. The minimum atomic E-state index is -0.833. The summed E-state index contributed by atoms with van der Waals surface area (Å²) in [7, 11) is 1.40. The first-order valence-electron chi connectivity index (χ1n) is 10.8. The number of H-pyrrole nitrogens is 1. The number of benzene rings is 2. The van der Waals surface area contributed by atoms with Crippen LogP contribution in [-0.2, 0) is 6.42 Å². The van der Waals surface area contributed by atoms with Crippen LogP contribution in [0.2, 0.25) is 0 Å². The zero-order chi connectivity index (χ0) is 23.9. The Labute approximate surface area is 210 Å². The molecular formula is C25H19FIN4O4-. The van der Waals surface area contributed by atoms with Crippen LogP contribution in [0, 0.1) is 5.82 Å². The fraction of sp³-hybridized carbons (Fsp3) is 0.120. The number of nitrogens with zero attached hydrogens (tertiary/aromatic N) is 1. The van der Waals surface area contributed by atoms with Crippen LogP contribution < -0.4 is 44.8 Å². The standard InChI is InChI=1S/C25H19FIN4O4/c1-33-24-16(26)3-2-4-17(24)29-23-21-18-11-20(31-25(21)32)27-35-14-7-5-13(6-8-14)34-19-12-28-10-9-15(19)22(23)30-18/h2-10,12,20,29-30H,11H2,1H3,(H,31,32)/q-1/t20-/m1/s1. The Bertz CT molecular complexity index is 1440. The molecule has 0 aliphatic carbocycles. The Balaban J connectivity index is 1.56. The van der Waals surface area contributed by atoms with Crippen LogP contribution in [0.5, 0.6) is 23.0 Å². The molecule has 3 N–H and O–H groups in total. The summed E-state index contributed by atoms with van der Waals surface area (Å²) in [5.74, 6) is 1.15. The molecule has 5 heterocycles. The summed E-state index contributed by atoms with van der Waals surface area (Å²) < 4.78 is 31.8. The number of amides is 1. The van der Waals surface area contributed by atoms with Crippen molar-refractivity contribution in [3.8, 4) is 34.3 Å². The van der Waals surface area contributed by atoms with Gasteiger partial charge in [0, 0.05) is 0 Å². The van der Waals surface area contributed by atoms with Gasteiger partial charge in [-0.3, -0.25) is 0 Å². The number of anilines is 2. The molecule has 1 amide bonds. The summed E-state index contributed by atoms with van der Waals surface area (Å²) in [6, 6.07) is 13.8. The predicted octanol–water partition coefficient (Wildman–Crippen LogP) is 1.77. The summed E-state index contributed by atoms with van der Waals surface area (Å²) in [5.41, 5.74) is 3.45. The first kappa shape index (κ1) is 21.7. The van der Waals surface area contributed by atoms with E-state index in [-0.39, 0.29) is 15.7 Å². The van der Waals surface area contributed by atoms with Crippen LogP contribution in [0.4, 0.5) is 15.8 Å². The number of carbonyl (C=O) groups excluding carboxylic acids is 1. The average molecular weight is 585 g/mol. The van der Waals surface area contributed by atoms with Gasteiger partial charge >= 0.3 is 211 Å². The van der Waals surface area contributed by atoms with Crippen molar-refractivity contribution in [1.29, 1.82) is 0 Å². The molecule has 5 bridgehead atoms. The summed E-state index contributed by atoms with van der Waals surface area (Å²) in [6.45, 7) is 0. The third-order valence-electron chi connectivity index (χ3n) is 5.75. The molecule has 3 aliphatic heterocycles. The number of hydrogen-bond acceptors (Lipinski definition) is 6. The fourth-order valence-electron chi connectivity index (χ4n) is 4.19. The monoisotopic (exact) mass is 585 g/mol. The van der Waals surface area contributed by atoms with Gasteiger partial charge in [0.25, 0.3) is 0 Å². The Hall–Kier alpha value is -3.80. The first-order chi connectivity index (χ1) is 17.1. The zero-order valence-corrected chi connectivity index (χ0v) is 20.6. The molecule has 10 heteroatoms. The minimum absolute atomic E-state index is 0.0544. The maximum absolute atomic E-state index is 14.4. The van der Waals surface area contributed by atoms with Crippen LogP contribution in [0.3, 0.4) is 0 Å². The van der Waals surface area contributed by atoms with E-state index in [1.165, 1.54) is 13.2 Å². The molecule has 0 radical (unpaired) electrons. The van der Waals surface area contributed by atoms with Gasteiger partial charge in [-0.15, -0.1) is 0 Å². The number of fused-ring (bicyclic) bond motifs is 3. The van der Waals surface area contributed by atoms with Crippen LogP contribution in [0.25, 0.3) is 11.3 Å². The van der Waals surface area contributed by atoms with Crippen LogP contribution >= 0.6 is 0 Å². The van der Waals surface area contributed by atoms with Gasteiger partial charge in [-0.1, -0.05) is 0 Å². The molecule has 4 aromatic rings. The molecule has 8 nitrogen and oxygen atoms in total. The molecule has 7 rings (SSSR count). The maximum atomic E-state index is 14.4. The average Bonchev–Trinajstić information content (AvgIpc) is 3.22. The second kappa shape index (κ2) is 8.77. The predicted molar refractivity (Wildman–Crippen MR) is 122 cm³/mol. The van der Waals surface area contributed by atoms with Crippen molar-refractivity contribution in [3.05, 3.63) is 78.0 Å². The summed E-state index contributed by atoms with van der Waals surface area (Å²) in [6.07, 6.45) is 3.85. The molecule has 2 aromatic heterocycles. The Morgan fingerprint density at radius 1 is 1.17 bits per heavy atom. The summed E-state index contributed by atoms with van der Waals surface area (Å²) in [5, 5.41) is 6.33. The van der Waals surface area contributed by atoms with E-state index in [9.17, 15) is 9.18 Å². The van der Waals surface area contributed by atoms with Crippen molar-refractivity contribution in [2.24, 2.45) is 0 Å². The van der Waals surface area contributed by atoms with Crippen molar-refractivity contribution in [1.82, 2.24) is 15.3 Å². The number of para-hydroxylation sites is 1. The van der Waals surface area contributed by atoms with Gasteiger partial charge in [0.1, 0.15) is 0 Å². The van der Waals surface area contributed by atoms with E-state index in [1.54, 1.807) is 24.5 Å². The van der Waals surface area contributed by atoms with E-state index in [2.05, 4.69) is 20.6 Å². The quantitative estimate of drug-likeness (QED) is 0.193. The van der Waals surface area contributed by atoms with Crippen molar-refractivity contribution in [2.75, 3.05) is 12.4 Å². The van der Waals surface area contributed by atoms with Gasteiger partial charge in [-0.25, -0.2) is 0 Å². The van der Waals surface area contributed by atoms with E-state index >= 15 is 0 Å². The molecular weight excluding hydrogens is 566 g/mol. The summed E-state index contributed by atoms with van der Waals surface area (Å²) >= 11 is -0.833. The van der Waals surface area contributed by atoms with E-state index in [0.717, 1.165) is 11.4 Å². The second-order valence-corrected chi connectivity index (χ2v) is 10.4. The SMILES string of the molecule is COc1c(F)cccc1Nc1c2[nH]c3c1C(=O)N[C@H](C3)[I-]Oc1ccc(cc1)Oc1cnccc1-2. The third kappa shape index (κ3) is 3.93. The molecule has 0 fully saturated rings. The number of hydrogen-bond donors (Lipinski definition) is 3. The van der Waals surface area contributed by atoms with Crippen LogP contribution in [0.15, 0.2) is 60.9 Å². The number of alkyl halides is 1. The molecule has 0 saturated carbocycles. The number of ether oxygens (including phenoxy) is 2. The molecule has 178 valence electrons. The number of methoxy groups -OCH3 is 1. The topological polar surface area (TPSA) is 97.5 Å². The molecule has 0 unspecified atom stereocenters. The fourth-order valence-corrected chi connectivity index (χ4v) is 6.11. The van der Waals surface area contributed by atoms with Gasteiger partial charge in [0.05, 0.1) is 0 Å². The van der Waals surface area contributed by atoms with E-state index in [1.807, 2.05) is 30.3 Å². The molecule has 35 heavy (non-hydrogen) atoms. The Morgan fingerprint density at radius 2 is 2.00 bits per heavy atom. The molecule has 2 aromatic carbocycles. The Morgan fingerprint density at radius 3 is 2.83 bits per heavy atom. The normalized spacial score (nSPS) is 16.2. The number of aromatic amines is 1. The van der Waals surface area contributed by atoms with E-state index < -0.39 is 27.4 Å². The van der Waals surface area contributed by atoms with Gasteiger partial charge in [0.15, 0.2) is 0 Å². The molecule has 1 atom stereocenters. The number of halogens is 2. The van der Waals surface area contributed by atoms with Crippen molar-refractivity contribution in [3.63, 3.8) is 0 Å². The first-order valence-corrected chi connectivity index (χ1v) is 12.9. The van der Waals surface area contributed by atoms with Crippen molar-refractivity contribution >= 4 is 17.3 Å². The van der Waals surface area contributed by atoms with Gasteiger partial charge in [-0.2, -0.15) is 0 Å². The van der Waals surface area contributed by atoms with Crippen LogP contribution in [-0.4, -0.2) is 27.0 Å². The Kier molecular flexibility index (Phi) is 5.44. The number of carbonyl (C=O) groups is 1. The number of rotatable bonds is 3. The molecule has 0 spiro atoms.